The van der Waals surface area contributed by atoms with E-state index in [1.165, 1.54) is 7.11 Å². The molecule has 1 heterocycles. The van der Waals surface area contributed by atoms with Crippen LogP contribution in [0.5, 0.6) is 0 Å². The van der Waals surface area contributed by atoms with Gasteiger partial charge in [0, 0.05) is 12.9 Å². The third-order valence-electron chi connectivity index (χ3n) is 1.87. The fraction of sp³-hybridized carbons (Fsp3) is 0.714. The number of methoxy groups -OCH3 is 1. The van der Waals surface area contributed by atoms with Crippen molar-refractivity contribution in [1.29, 1.82) is 0 Å². The minimum Gasteiger partial charge on any atom is -0.375 e. The van der Waals surface area contributed by atoms with Crippen molar-refractivity contribution in [1.82, 2.24) is 0 Å². The third kappa shape index (κ3) is 3.15. The van der Waals surface area contributed by atoms with Crippen molar-refractivity contribution in [2.45, 2.75) is 18.4 Å². The van der Waals surface area contributed by atoms with Crippen LogP contribution in [0.4, 0.5) is 4.39 Å². The van der Waals surface area contributed by atoms with Gasteiger partial charge in [0.1, 0.15) is 12.2 Å². The molecule has 0 aliphatic carbocycles. The summed E-state index contributed by atoms with van der Waals surface area (Å²) in [6, 6.07) is 0. The van der Waals surface area contributed by atoms with E-state index in [2.05, 4.69) is 0 Å². The van der Waals surface area contributed by atoms with Crippen molar-refractivity contribution in [2.24, 2.45) is 0 Å². The first-order chi connectivity index (χ1) is 6.44. The average Bonchev–Trinajstić information content (AvgIpc) is 2.41. The Hall–Kier alpha value is -0.260. The molecule has 0 unspecified atom stereocenters. The molecule has 0 bridgehead atoms. The summed E-state index contributed by atoms with van der Waals surface area (Å²) in [7, 11) is -2.89. The zero-order chi connectivity index (χ0) is 10.8. The Balaban J connectivity index is 2.62. The van der Waals surface area contributed by atoms with Crippen LogP contribution >= 0.6 is 7.60 Å². The van der Waals surface area contributed by atoms with E-state index < -0.39 is 26.0 Å². The van der Waals surface area contributed by atoms with Crippen molar-refractivity contribution in [2.75, 3.05) is 13.7 Å². The fourth-order valence-electron chi connectivity index (χ4n) is 1.24. The van der Waals surface area contributed by atoms with E-state index in [-0.39, 0.29) is 6.61 Å². The van der Waals surface area contributed by atoms with Gasteiger partial charge in [-0.3, -0.25) is 4.57 Å². The first-order valence-corrected chi connectivity index (χ1v) is 5.65. The molecule has 1 rings (SSSR count). The number of alkyl halides is 1. The van der Waals surface area contributed by atoms with Gasteiger partial charge in [-0.25, -0.2) is 4.39 Å². The van der Waals surface area contributed by atoms with Crippen LogP contribution in [0.3, 0.4) is 0 Å². The molecule has 0 saturated carbocycles. The zero-order valence-electron chi connectivity index (χ0n) is 7.54. The maximum absolute atomic E-state index is 13.0. The van der Waals surface area contributed by atoms with Gasteiger partial charge >= 0.3 is 7.60 Å². The van der Waals surface area contributed by atoms with E-state index in [1.807, 2.05) is 0 Å². The fourth-order valence-corrected chi connectivity index (χ4v) is 1.64. The van der Waals surface area contributed by atoms with E-state index in [9.17, 15) is 8.96 Å². The summed E-state index contributed by atoms with van der Waals surface area (Å²) < 4.78 is 33.2. The molecule has 1 aliphatic rings. The van der Waals surface area contributed by atoms with Gasteiger partial charge in [-0.05, 0) is 6.08 Å². The van der Waals surface area contributed by atoms with Gasteiger partial charge in [0.25, 0.3) is 0 Å². The van der Waals surface area contributed by atoms with Crippen LogP contribution in [-0.4, -0.2) is 41.9 Å². The molecular formula is C7H12FO5P. The second-order valence-electron chi connectivity index (χ2n) is 2.94. The van der Waals surface area contributed by atoms with Crippen LogP contribution in [-0.2, 0) is 14.0 Å². The molecule has 1 saturated heterocycles. The molecule has 1 aliphatic heterocycles. The molecule has 7 heteroatoms. The van der Waals surface area contributed by atoms with Gasteiger partial charge in [0.2, 0.25) is 0 Å². The lowest BCUT2D eigenvalue weighted by Crippen LogP contribution is -2.28. The first-order valence-electron chi connectivity index (χ1n) is 3.97. The normalized spacial score (nSPS) is 34.1. The Kier molecular flexibility index (Phi) is 3.80. The first kappa shape index (κ1) is 11.8. The summed E-state index contributed by atoms with van der Waals surface area (Å²) in [5, 5.41) is 0. The average molecular weight is 226 g/mol. The predicted octanol–water partition coefficient (Wildman–Crippen LogP) is 0.430. The van der Waals surface area contributed by atoms with Crippen LogP contribution in [0, 0.1) is 0 Å². The van der Waals surface area contributed by atoms with Crippen LogP contribution in [0.25, 0.3) is 0 Å². The summed E-state index contributed by atoms with van der Waals surface area (Å²) in [5.74, 6) is 0.696. The van der Waals surface area contributed by atoms with Gasteiger partial charge in [-0.1, -0.05) is 0 Å². The molecular weight excluding hydrogens is 214 g/mol. The summed E-state index contributed by atoms with van der Waals surface area (Å²) in [4.78, 5) is 17.1. The largest absolute Gasteiger partial charge is 0.375 e. The minimum absolute atomic E-state index is 0.116. The second kappa shape index (κ2) is 4.51. The Labute approximate surface area is 80.7 Å². The molecule has 0 spiro atoms. The molecule has 0 radical (unpaired) electrons. The molecule has 82 valence electrons. The summed E-state index contributed by atoms with van der Waals surface area (Å²) in [6.07, 6.45) is -1.65. The van der Waals surface area contributed by atoms with Crippen LogP contribution in [0.1, 0.15) is 0 Å². The topological polar surface area (TPSA) is 76.0 Å². The standard InChI is InChI=1S/C7H12FO5P/c1-12-7-5(8)4-13-6(7)2-3-14(9,10)11/h2-3,5-7H,4H2,1H3,(H2,9,10,11)/b3-2+/t5-,6+,7-/m0/s1. The summed E-state index contributed by atoms with van der Waals surface area (Å²) in [6.45, 7) is -0.116. The van der Waals surface area contributed by atoms with Crippen molar-refractivity contribution in [3.8, 4) is 0 Å². The number of hydrogen-bond donors (Lipinski definition) is 2. The number of halogens is 1. The Bertz CT molecular complexity index is 263. The van der Waals surface area contributed by atoms with Crippen LogP contribution < -0.4 is 0 Å². The van der Waals surface area contributed by atoms with Gasteiger partial charge in [-0.15, -0.1) is 0 Å². The van der Waals surface area contributed by atoms with Gasteiger partial charge < -0.3 is 19.3 Å². The van der Waals surface area contributed by atoms with E-state index in [0.29, 0.717) is 5.82 Å². The van der Waals surface area contributed by atoms with Gasteiger partial charge in [0.05, 0.1) is 6.61 Å². The Morgan fingerprint density at radius 2 is 2.29 bits per heavy atom. The number of rotatable bonds is 3. The van der Waals surface area contributed by atoms with Gasteiger partial charge in [0.15, 0.2) is 6.17 Å². The molecule has 1 fully saturated rings. The quantitative estimate of drug-likeness (QED) is 0.682. The monoisotopic (exact) mass is 226 g/mol. The van der Waals surface area contributed by atoms with Crippen molar-refractivity contribution >= 4 is 7.60 Å². The van der Waals surface area contributed by atoms with Gasteiger partial charge in [-0.2, -0.15) is 0 Å². The summed E-state index contributed by atoms with van der Waals surface area (Å²) >= 11 is 0. The number of ether oxygens (including phenoxy) is 2. The molecule has 0 aromatic carbocycles. The van der Waals surface area contributed by atoms with E-state index >= 15 is 0 Å². The van der Waals surface area contributed by atoms with Crippen LogP contribution in [0.15, 0.2) is 11.9 Å². The highest BCUT2D eigenvalue weighted by molar-refractivity contribution is 7.55. The van der Waals surface area contributed by atoms with Crippen molar-refractivity contribution < 1.29 is 28.2 Å². The van der Waals surface area contributed by atoms with Crippen molar-refractivity contribution in [3.05, 3.63) is 11.9 Å². The van der Waals surface area contributed by atoms with Crippen LogP contribution in [0.2, 0.25) is 0 Å². The molecule has 5 nitrogen and oxygen atoms in total. The zero-order valence-corrected chi connectivity index (χ0v) is 8.43. The lowest BCUT2D eigenvalue weighted by atomic mass is 10.2. The maximum atomic E-state index is 13.0. The summed E-state index contributed by atoms with van der Waals surface area (Å²) in [5.41, 5.74) is 0. The SMILES string of the molecule is CO[C@H]1[C@@H](F)CO[C@@H]1/C=C/P(=O)(O)O. The molecule has 2 N–H and O–H groups in total. The molecule has 0 aromatic rings. The highest BCUT2D eigenvalue weighted by Crippen LogP contribution is 2.37. The second-order valence-corrected chi connectivity index (χ2v) is 4.42. The van der Waals surface area contributed by atoms with E-state index in [4.69, 9.17) is 19.3 Å². The lowest BCUT2D eigenvalue weighted by Gasteiger charge is -2.14. The lowest BCUT2D eigenvalue weighted by molar-refractivity contribution is 0.0272. The third-order valence-corrected chi connectivity index (χ3v) is 2.43. The predicted molar refractivity (Wildman–Crippen MR) is 46.6 cm³/mol. The molecule has 3 atom stereocenters. The number of hydrogen-bond acceptors (Lipinski definition) is 3. The molecule has 0 aromatic heterocycles. The molecule has 14 heavy (non-hydrogen) atoms. The minimum atomic E-state index is -4.21. The molecule has 0 amide bonds. The maximum Gasteiger partial charge on any atom is 0.348 e. The smallest absolute Gasteiger partial charge is 0.348 e. The highest BCUT2D eigenvalue weighted by atomic mass is 31.2. The van der Waals surface area contributed by atoms with Crippen molar-refractivity contribution in [3.63, 3.8) is 0 Å². The van der Waals surface area contributed by atoms with E-state index in [1.54, 1.807) is 0 Å². The van der Waals surface area contributed by atoms with E-state index in [0.717, 1.165) is 6.08 Å². The Morgan fingerprint density at radius 1 is 1.64 bits per heavy atom. The highest BCUT2D eigenvalue weighted by Gasteiger charge is 2.36. The Morgan fingerprint density at radius 3 is 2.79 bits per heavy atom.